The summed E-state index contributed by atoms with van der Waals surface area (Å²) in [5.41, 5.74) is 4.61. The molecule has 0 N–H and O–H groups in total. The molecule has 0 bridgehead atoms. The SMILES string of the molecule is CC(=O)N1N=C2c3ccccc3CC2C1c1cccc(OCCCN(C)C)c1. The summed E-state index contributed by atoms with van der Waals surface area (Å²) in [7, 11) is 4.13. The highest BCUT2D eigenvalue weighted by atomic mass is 16.5. The van der Waals surface area contributed by atoms with Crippen LogP contribution in [-0.2, 0) is 11.2 Å². The molecule has 1 aliphatic carbocycles. The third-order valence-electron chi connectivity index (χ3n) is 5.49. The number of benzene rings is 2. The lowest BCUT2D eigenvalue weighted by atomic mass is 9.90. The molecule has 0 saturated heterocycles. The van der Waals surface area contributed by atoms with Crippen molar-refractivity contribution >= 4 is 11.6 Å². The summed E-state index contributed by atoms with van der Waals surface area (Å²) < 4.78 is 5.96. The van der Waals surface area contributed by atoms with Crippen molar-refractivity contribution in [1.29, 1.82) is 0 Å². The summed E-state index contributed by atoms with van der Waals surface area (Å²) in [6, 6.07) is 16.4. The van der Waals surface area contributed by atoms with E-state index in [2.05, 4.69) is 49.3 Å². The average Bonchev–Trinajstić information content (AvgIpc) is 3.21. The first-order valence-corrected chi connectivity index (χ1v) is 9.88. The van der Waals surface area contributed by atoms with Gasteiger partial charge in [0.2, 0.25) is 5.91 Å². The van der Waals surface area contributed by atoms with Gasteiger partial charge < -0.3 is 9.64 Å². The zero-order chi connectivity index (χ0) is 19.7. The van der Waals surface area contributed by atoms with Crippen molar-refractivity contribution in [2.24, 2.45) is 11.0 Å². The molecule has 0 aromatic heterocycles. The Morgan fingerprint density at radius 3 is 2.82 bits per heavy atom. The Balaban J connectivity index is 1.57. The molecule has 0 radical (unpaired) electrons. The van der Waals surface area contributed by atoms with E-state index in [1.165, 1.54) is 11.1 Å². The zero-order valence-electron chi connectivity index (χ0n) is 16.8. The van der Waals surface area contributed by atoms with Crippen LogP contribution in [0.1, 0.15) is 36.1 Å². The lowest BCUT2D eigenvalue weighted by Gasteiger charge is -2.25. The van der Waals surface area contributed by atoms with Gasteiger partial charge in [-0.3, -0.25) is 4.79 Å². The molecule has 4 rings (SSSR count). The minimum Gasteiger partial charge on any atom is -0.494 e. The minimum atomic E-state index is -0.0785. The highest BCUT2D eigenvalue weighted by Gasteiger charge is 2.44. The first-order valence-electron chi connectivity index (χ1n) is 9.88. The van der Waals surface area contributed by atoms with Crippen molar-refractivity contribution < 1.29 is 9.53 Å². The summed E-state index contributed by atoms with van der Waals surface area (Å²) in [5.74, 6) is 1.02. The van der Waals surface area contributed by atoms with Gasteiger partial charge in [-0.2, -0.15) is 5.10 Å². The molecule has 2 aromatic carbocycles. The van der Waals surface area contributed by atoms with Gasteiger partial charge in [0.1, 0.15) is 5.75 Å². The predicted octanol–water partition coefficient (Wildman–Crippen LogP) is 3.50. The standard InChI is InChI=1S/C23H27N3O2/c1-16(27)26-23(21-15-17-8-4-5-11-20(17)22(21)24-26)18-9-6-10-19(14-18)28-13-7-12-25(2)3/h4-6,8-11,14,21,23H,7,12-13,15H2,1-3H3. The molecule has 28 heavy (non-hydrogen) atoms. The van der Waals surface area contributed by atoms with Crippen molar-refractivity contribution in [3.8, 4) is 5.75 Å². The van der Waals surface area contributed by atoms with Crippen LogP contribution in [0.3, 0.4) is 0 Å². The topological polar surface area (TPSA) is 45.1 Å². The van der Waals surface area contributed by atoms with E-state index in [1.807, 2.05) is 18.2 Å². The van der Waals surface area contributed by atoms with Crippen LogP contribution in [0.15, 0.2) is 53.6 Å². The molecule has 1 aliphatic heterocycles. The summed E-state index contributed by atoms with van der Waals surface area (Å²) in [4.78, 5) is 14.5. The number of carbonyl (C=O) groups excluding carboxylic acids is 1. The number of fused-ring (bicyclic) bond motifs is 3. The van der Waals surface area contributed by atoms with Crippen LogP contribution in [0.2, 0.25) is 0 Å². The second-order valence-electron chi connectivity index (χ2n) is 7.84. The van der Waals surface area contributed by atoms with Crippen molar-refractivity contribution in [2.45, 2.75) is 25.8 Å². The Kier molecular flexibility index (Phi) is 5.18. The second kappa shape index (κ2) is 7.76. The Labute approximate surface area is 166 Å². The van der Waals surface area contributed by atoms with Crippen molar-refractivity contribution in [2.75, 3.05) is 27.2 Å². The summed E-state index contributed by atoms with van der Waals surface area (Å²) >= 11 is 0. The Bertz CT molecular complexity index is 906. The van der Waals surface area contributed by atoms with E-state index in [9.17, 15) is 4.79 Å². The van der Waals surface area contributed by atoms with Gasteiger partial charge in [0.05, 0.1) is 18.4 Å². The van der Waals surface area contributed by atoms with Crippen LogP contribution in [0.25, 0.3) is 0 Å². The van der Waals surface area contributed by atoms with Gasteiger partial charge in [0.25, 0.3) is 0 Å². The van der Waals surface area contributed by atoms with E-state index in [0.29, 0.717) is 6.61 Å². The number of hydrogen-bond acceptors (Lipinski definition) is 4. The van der Waals surface area contributed by atoms with Crippen molar-refractivity contribution in [3.63, 3.8) is 0 Å². The fourth-order valence-corrected chi connectivity index (χ4v) is 4.22. The molecule has 2 aliphatic rings. The Morgan fingerprint density at radius 1 is 1.21 bits per heavy atom. The largest absolute Gasteiger partial charge is 0.494 e. The number of nitrogens with zero attached hydrogens (tertiary/aromatic N) is 3. The first kappa shape index (κ1) is 18.7. The maximum Gasteiger partial charge on any atom is 0.240 e. The summed E-state index contributed by atoms with van der Waals surface area (Å²) in [6.07, 6.45) is 1.89. The number of ether oxygens (including phenoxy) is 1. The number of rotatable bonds is 6. The van der Waals surface area contributed by atoms with Gasteiger partial charge in [0, 0.05) is 24.9 Å². The summed E-state index contributed by atoms with van der Waals surface area (Å²) in [5, 5.41) is 6.38. The van der Waals surface area contributed by atoms with Gasteiger partial charge in [-0.25, -0.2) is 5.01 Å². The third kappa shape index (κ3) is 3.54. The quantitative estimate of drug-likeness (QED) is 0.724. The van der Waals surface area contributed by atoms with Crippen LogP contribution >= 0.6 is 0 Å². The molecular formula is C23H27N3O2. The average molecular weight is 377 g/mol. The van der Waals surface area contributed by atoms with Gasteiger partial charge in [-0.1, -0.05) is 36.4 Å². The molecule has 1 heterocycles. The van der Waals surface area contributed by atoms with Gasteiger partial charge in [-0.15, -0.1) is 0 Å². The molecular weight excluding hydrogens is 350 g/mol. The Morgan fingerprint density at radius 2 is 2.04 bits per heavy atom. The smallest absolute Gasteiger partial charge is 0.240 e. The number of hydrazone groups is 1. The number of hydrogen-bond donors (Lipinski definition) is 0. The fourth-order valence-electron chi connectivity index (χ4n) is 4.22. The van der Waals surface area contributed by atoms with Gasteiger partial charge in [-0.05, 0) is 50.2 Å². The maximum absolute atomic E-state index is 12.3. The normalized spacial score (nSPS) is 20.1. The second-order valence-corrected chi connectivity index (χ2v) is 7.84. The van der Waals surface area contributed by atoms with Crippen molar-refractivity contribution in [3.05, 3.63) is 65.2 Å². The van der Waals surface area contributed by atoms with Crippen LogP contribution < -0.4 is 4.74 Å². The summed E-state index contributed by atoms with van der Waals surface area (Å²) in [6.45, 7) is 3.27. The fraction of sp³-hybridized carbons (Fsp3) is 0.391. The first-order chi connectivity index (χ1) is 13.5. The lowest BCUT2D eigenvalue weighted by molar-refractivity contribution is -0.131. The molecule has 2 unspecified atom stereocenters. The zero-order valence-corrected chi connectivity index (χ0v) is 16.8. The minimum absolute atomic E-state index is 0.0262. The molecule has 1 amide bonds. The maximum atomic E-state index is 12.3. The highest BCUT2D eigenvalue weighted by molar-refractivity contribution is 6.08. The lowest BCUT2D eigenvalue weighted by Crippen LogP contribution is -2.29. The van der Waals surface area contributed by atoms with Crippen LogP contribution in [0.5, 0.6) is 5.75 Å². The molecule has 5 heteroatoms. The van der Waals surface area contributed by atoms with E-state index in [-0.39, 0.29) is 17.9 Å². The van der Waals surface area contributed by atoms with Crippen LogP contribution in [-0.4, -0.2) is 48.8 Å². The van der Waals surface area contributed by atoms with E-state index < -0.39 is 0 Å². The number of amides is 1. The molecule has 0 spiro atoms. The molecule has 2 atom stereocenters. The van der Waals surface area contributed by atoms with E-state index in [1.54, 1.807) is 11.9 Å². The monoisotopic (exact) mass is 377 g/mol. The predicted molar refractivity (Wildman–Crippen MR) is 111 cm³/mol. The molecule has 5 nitrogen and oxygen atoms in total. The van der Waals surface area contributed by atoms with E-state index in [4.69, 9.17) is 9.84 Å². The number of carbonyl (C=O) groups is 1. The Hall–Kier alpha value is -2.66. The highest BCUT2D eigenvalue weighted by Crippen LogP contribution is 2.44. The molecule has 0 fully saturated rings. The molecule has 2 aromatic rings. The van der Waals surface area contributed by atoms with Gasteiger partial charge in [0.15, 0.2) is 0 Å². The van der Waals surface area contributed by atoms with Gasteiger partial charge >= 0.3 is 0 Å². The van der Waals surface area contributed by atoms with E-state index in [0.717, 1.165) is 36.4 Å². The van der Waals surface area contributed by atoms with E-state index >= 15 is 0 Å². The van der Waals surface area contributed by atoms with Crippen LogP contribution in [0, 0.1) is 5.92 Å². The third-order valence-corrected chi connectivity index (χ3v) is 5.49. The molecule has 146 valence electrons. The molecule has 0 saturated carbocycles. The van der Waals surface area contributed by atoms with Crippen LogP contribution in [0.4, 0.5) is 0 Å². The van der Waals surface area contributed by atoms with Crippen molar-refractivity contribution in [1.82, 2.24) is 9.91 Å².